The van der Waals surface area contributed by atoms with Crippen molar-refractivity contribution in [1.82, 2.24) is 15.0 Å². The first-order valence-corrected chi connectivity index (χ1v) is 10.5. The summed E-state index contributed by atoms with van der Waals surface area (Å²) in [6, 6.07) is 8.96. The van der Waals surface area contributed by atoms with E-state index in [-0.39, 0.29) is 12.5 Å². The lowest BCUT2D eigenvalue weighted by atomic mass is 9.85. The fraction of sp³-hybridized carbons (Fsp3) is 0.280. The summed E-state index contributed by atoms with van der Waals surface area (Å²) in [7, 11) is 0. The van der Waals surface area contributed by atoms with Crippen LogP contribution in [0.15, 0.2) is 66.9 Å². The number of hydrogen-bond donors (Lipinski definition) is 3. The second-order valence-electron chi connectivity index (χ2n) is 8.38. The van der Waals surface area contributed by atoms with E-state index in [2.05, 4.69) is 44.0 Å². The van der Waals surface area contributed by atoms with Gasteiger partial charge in [0.25, 0.3) is 0 Å². The zero-order chi connectivity index (χ0) is 22.7. The van der Waals surface area contributed by atoms with Crippen LogP contribution < -0.4 is 10.6 Å². The molecule has 6 nitrogen and oxygen atoms in total. The molecule has 0 spiro atoms. The molecule has 164 valence electrons. The maximum absolute atomic E-state index is 15.1. The van der Waals surface area contributed by atoms with Gasteiger partial charge < -0.3 is 15.7 Å². The maximum Gasteiger partial charge on any atom is 0.224 e. The largest absolute Gasteiger partial charge is 0.376 e. The summed E-state index contributed by atoms with van der Waals surface area (Å²) in [5, 5.41) is 14.9. The Bertz CT molecular complexity index is 1180. The van der Waals surface area contributed by atoms with Gasteiger partial charge in [0.2, 0.25) is 5.95 Å². The molecule has 2 heterocycles. The van der Waals surface area contributed by atoms with Crippen LogP contribution in [-0.4, -0.2) is 26.8 Å². The van der Waals surface area contributed by atoms with Gasteiger partial charge in [0.1, 0.15) is 12.5 Å². The number of halogens is 1. The Balaban J connectivity index is 1.58. The molecular formula is C25H26FN5O. The summed E-state index contributed by atoms with van der Waals surface area (Å²) >= 11 is 0. The number of nitrogens with one attached hydrogen (secondary N) is 2. The molecule has 4 rings (SSSR count). The molecule has 0 aliphatic heterocycles. The first kappa shape index (κ1) is 21.7. The van der Waals surface area contributed by atoms with Crippen LogP contribution in [0.3, 0.4) is 0 Å². The smallest absolute Gasteiger partial charge is 0.224 e. The Labute approximate surface area is 187 Å². The summed E-state index contributed by atoms with van der Waals surface area (Å²) in [5.41, 5.74) is 6.68. The van der Waals surface area contributed by atoms with Crippen LogP contribution in [0.25, 0.3) is 11.1 Å². The topological polar surface area (TPSA) is 83.0 Å². The van der Waals surface area contributed by atoms with Crippen molar-refractivity contribution in [3.05, 3.63) is 84.0 Å². The highest BCUT2D eigenvalue weighted by Crippen LogP contribution is 2.41. The quantitative estimate of drug-likeness (QED) is 0.345. The molecule has 0 saturated heterocycles. The van der Waals surface area contributed by atoms with Gasteiger partial charge in [0, 0.05) is 24.2 Å². The van der Waals surface area contributed by atoms with Crippen LogP contribution in [0.4, 0.5) is 16.0 Å². The molecule has 32 heavy (non-hydrogen) atoms. The molecular weight excluding hydrogens is 405 g/mol. The first-order chi connectivity index (χ1) is 15.4. The van der Waals surface area contributed by atoms with Gasteiger partial charge in [-0.15, -0.1) is 5.73 Å². The van der Waals surface area contributed by atoms with E-state index >= 15 is 4.39 Å². The monoisotopic (exact) mass is 431 g/mol. The van der Waals surface area contributed by atoms with Gasteiger partial charge in [-0.25, -0.2) is 14.4 Å². The molecule has 0 bridgehead atoms. The Morgan fingerprint density at radius 2 is 2.03 bits per heavy atom. The van der Waals surface area contributed by atoms with Crippen LogP contribution >= 0.6 is 0 Å². The summed E-state index contributed by atoms with van der Waals surface area (Å²) in [6.45, 7) is 7.37. The zero-order valence-electron chi connectivity index (χ0n) is 18.2. The Morgan fingerprint density at radius 3 is 2.72 bits per heavy atom. The minimum absolute atomic E-state index is 0.275. The summed E-state index contributed by atoms with van der Waals surface area (Å²) < 4.78 is 15.1. The predicted octanol–water partition coefficient (Wildman–Crippen LogP) is 4.98. The highest BCUT2D eigenvalue weighted by molar-refractivity contribution is 5.67. The maximum atomic E-state index is 15.1. The SMILES string of the molecule is C=C=C(Nc1ccc(-c2cncc(C3CC3)c2)cc1F)C(C)(C)c1ccnc(NCO)n1. The fourth-order valence-electron chi connectivity index (χ4n) is 3.60. The number of aliphatic hydroxyl groups excluding tert-OH is 1. The van der Waals surface area contributed by atoms with Crippen LogP contribution in [0.5, 0.6) is 0 Å². The van der Waals surface area contributed by atoms with E-state index in [1.807, 2.05) is 26.1 Å². The highest BCUT2D eigenvalue weighted by Gasteiger charge is 2.29. The van der Waals surface area contributed by atoms with Crippen molar-refractivity contribution in [2.45, 2.75) is 38.0 Å². The van der Waals surface area contributed by atoms with Crippen molar-refractivity contribution in [1.29, 1.82) is 0 Å². The van der Waals surface area contributed by atoms with Crippen molar-refractivity contribution < 1.29 is 9.50 Å². The molecule has 1 aromatic carbocycles. The number of anilines is 2. The second kappa shape index (κ2) is 8.91. The van der Waals surface area contributed by atoms with E-state index in [4.69, 9.17) is 5.11 Å². The number of hydrogen-bond acceptors (Lipinski definition) is 6. The van der Waals surface area contributed by atoms with E-state index in [9.17, 15) is 0 Å². The molecule has 0 amide bonds. The molecule has 0 unspecified atom stereocenters. The number of allylic oxidation sites excluding steroid dienone is 1. The molecule has 3 N–H and O–H groups in total. The third kappa shape index (κ3) is 4.54. The molecule has 0 atom stereocenters. The lowest BCUT2D eigenvalue weighted by Crippen LogP contribution is -2.27. The van der Waals surface area contributed by atoms with Crippen LogP contribution in [0, 0.1) is 5.82 Å². The van der Waals surface area contributed by atoms with Crippen LogP contribution in [0.1, 0.15) is 43.9 Å². The number of benzene rings is 1. The summed E-state index contributed by atoms with van der Waals surface area (Å²) in [5.74, 6) is 0.512. The van der Waals surface area contributed by atoms with Crippen LogP contribution in [0.2, 0.25) is 0 Å². The Kier molecular flexibility index (Phi) is 6.04. The van der Waals surface area contributed by atoms with Crippen molar-refractivity contribution >= 4 is 11.6 Å². The van der Waals surface area contributed by atoms with Crippen molar-refractivity contribution in [3.8, 4) is 11.1 Å². The minimum atomic E-state index is -0.662. The number of nitrogens with zero attached hydrogens (tertiary/aromatic N) is 3. The standard InChI is InChI=1S/C25H26FN5O/c1-4-22(25(2,3)23-9-10-28-24(31-23)29-15-32)30-21-8-7-17(12-20(21)26)19-11-18(13-27-14-19)16-5-6-16/h7-14,16,30,32H,1,5-6,15H2,2-3H3,(H,28,29,31). The predicted molar refractivity (Wildman–Crippen MR) is 124 cm³/mol. The van der Waals surface area contributed by atoms with Gasteiger partial charge in [-0.1, -0.05) is 12.6 Å². The summed E-state index contributed by atoms with van der Waals surface area (Å²) in [6.07, 6.45) is 7.64. The Morgan fingerprint density at radius 1 is 1.22 bits per heavy atom. The van der Waals surface area contributed by atoms with Crippen molar-refractivity contribution in [3.63, 3.8) is 0 Å². The number of pyridine rings is 1. The van der Waals surface area contributed by atoms with E-state index in [0.29, 0.717) is 28.9 Å². The van der Waals surface area contributed by atoms with Crippen molar-refractivity contribution in [2.75, 3.05) is 17.4 Å². The van der Waals surface area contributed by atoms with E-state index in [1.165, 1.54) is 24.5 Å². The van der Waals surface area contributed by atoms with Gasteiger partial charge in [-0.05, 0) is 68.0 Å². The molecule has 1 aliphatic carbocycles. The van der Waals surface area contributed by atoms with Gasteiger partial charge in [0.15, 0.2) is 0 Å². The average Bonchev–Trinajstić information content (AvgIpc) is 3.64. The third-order valence-electron chi connectivity index (χ3n) is 5.71. The fourth-order valence-corrected chi connectivity index (χ4v) is 3.60. The van der Waals surface area contributed by atoms with E-state index in [1.54, 1.807) is 24.5 Å². The molecule has 1 aliphatic rings. The highest BCUT2D eigenvalue weighted by atomic mass is 19.1. The average molecular weight is 432 g/mol. The molecule has 0 radical (unpaired) electrons. The first-order valence-electron chi connectivity index (χ1n) is 10.5. The molecule has 1 saturated carbocycles. The van der Waals surface area contributed by atoms with Crippen molar-refractivity contribution in [2.24, 2.45) is 0 Å². The lowest BCUT2D eigenvalue weighted by molar-refractivity contribution is 0.324. The summed E-state index contributed by atoms with van der Waals surface area (Å²) in [4.78, 5) is 12.8. The van der Waals surface area contributed by atoms with Gasteiger partial charge in [0.05, 0.1) is 22.5 Å². The lowest BCUT2D eigenvalue weighted by Gasteiger charge is -2.27. The van der Waals surface area contributed by atoms with Gasteiger partial charge in [-0.3, -0.25) is 4.98 Å². The third-order valence-corrected chi connectivity index (χ3v) is 5.71. The second-order valence-corrected chi connectivity index (χ2v) is 8.38. The Hall–Kier alpha value is -3.54. The molecule has 2 aromatic heterocycles. The normalized spacial score (nSPS) is 13.4. The van der Waals surface area contributed by atoms with Crippen LogP contribution in [-0.2, 0) is 5.41 Å². The molecule has 1 fully saturated rings. The van der Waals surface area contributed by atoms with E-state index in [0.717, 1.165) is 11.1 Å². The molecule has 3 aromatic rings. The van der Waals surface area contributed by atoms with Gasteiger partial charge in [-0.2, -0.15) is 0 Å². The zero-order valence-corrected chi connectivity index (χ0v) is 18.2. The number of aromatic nitrogens is 3. The van der Waals surface area contributed by atoms with Gasteiger partial charge >= 0.3 is 0 Å². The number of aliphatic hydroxyl groups is 1. The molecule has 7 heteroatoms. The van der Waals surface area contributed by atoms with E-state index < -0.39 is 5.41 Å². The number of rotatable bonds is 8. The minimum Gasteiger partial charge on any atom is -0.376 e.